The Morgan fingerprint density at radius 2 is 1.74 bits per heavy atom. The lowest BCUT2D eigenvalue weighted by Crippen LogP contribution is -2.23. The number of nitrogens with zero attached hydrogens (tertiary/aromatic N) is 3. The van der Waals surface area contributed by atoms with Crippen LogP contribution < -0.4 is 4.74 Å². The van der Waals surface area contributed by atoms with Gasteiger partial charge in [0.15, 0.2) is 5.17 Å². The minimum atomic E-state index is -0.0758. The van der Waals surface area contributed by atoms with Gasteiger partial charge in [0.1, 0.15) is 12.4 Å². The molecule has 31 heavy (non-hydrogen) atoms. The zero-order chi connectivity index (χ0) is 21.6. The van der Waals surface area contributed by atoms with Crippen LogP contribution >= 0.6 is 11.8 Å². The minimum Gasteiger partial charge on any atom is -0.489 e. The van der Waals surface area contributed by atoms with Crippen molar-refractivity contribution in [1.29, 1.82) is 5.26 Å². The Bertz CT molecular complexity index is 1200. The van der Waals surface area contributed by atoms with E-state index in [4.69, 9.17) is 4.74 Å². The molecule has 5 nitrogen and oxygen atoms in total. The molecule has 1 aliphatic rings. The average molecular weight is 426 g/mol. The average Bonchev–Trinajstić information content (AvgIpc) is 3.07. The minimum absolute atomic E-state index is 0.0758. The predicted octanol–water partition coefficient (Wildman–Crippen LogP) is 5.37. The summed E-state index contributed by atoms with van der Waals surface area (Å²) in [5.74, 6) is 0.622. The Morgan fingerprint density at radius 3 is 2.48 bits per heavy atom. The maximum atomic E-state index is 12.6. The number of hydrogen-bond donors (Lipinski definition) is 0. The SMILES string of the molecule is CN1C(=O)C(=Cc2ccc(OCc3ccccc3C#N)cc2)SC1=Nc1ccccc1. The fraction of sp³-hybridized carbons (Fsp3) is 0.0800. The van der Waals surface area contributed by atoms with E-state index in [-0.39, 0.29) is 5.91 Å². The van der Waals surface area contributed by atoms with Gasteiger partial charge in [0.2, 0.25) is 0 Å². The van der Waals surface area contributed by atoms with Gasteiger partial charge in [-0.15, -0.1) is 0 Å². The molecule has 152 valence electrons. The highest BCUT2D eigenvalue weighted by Gasteiger charge is 2.30. The largest absolute Gasteiger partial charge is 0.489 e. The van der Waals surface area contributed by atoms with E-state index in [0.717, 1.165) is 16.8 Å². The van der Waals surface area contributed by atoms with Gasteiger partial charge in [-0.1, -0.05) is 48.5 Å². The van der Waals surface area contributed by atoms with E-state index >= 15 is 0 Å². The predicted molar refractivity (Wildman–Crippen MR) is 124 cm³/mol. The van der Waals surface area contributed by atoms with E-state index < -0.39 is 0 Å². The highest BCUT2D eigenvalue weighted by atomic mass is 32.2. The molecule has 3 aromatic carbocycles. The molecule has 1 heterocycles. The van der Waals surface area contributed by atoms with E-state index in [0.29, 0.717) is 28.0 Å². The van der Waals surface area contributed by atoms with Gasteiger partial charge in [-0.05, 0) is 53.7 Å². The van der Waals surface area contributed by atoms with E-state index in [9.17, 15) is 10.1 Å². The highest BCUT2D eigenvalue weighted by molar-refractivity contribution is 8.18. The number of nitriles is 1. The first kappa shape index (κ1) is 20.5. The number of benzene rings is 3. The zero-order valence-corrected chi connectivity index (χ0v) is 17.7. The summed E-state index contributed by atoms with van der Waals surface area (Å²) in [6.07, 6.45) is 1.85. The van der Waals surface area contributed by atoms with E-state index in [2.05, 4.69) is 11.1 Å². The Morgan fingerprint density at radius 1 is 1.03 bits per heavy atom. The number of rotatable bonds is 5. The summed E-state index contributed by atoms with van der Waals surface area (Å²) >= 11 is 1.36. The summed E-state index contributed by atoms with van der Waals surface area (Å²) in [5.41, 5.74) is 3.16. The van der Waals surface area contributed by atoms with Crippen LogP contribution in [0.5, 0.6) is 5.75 Å². The molecule has 1 amide bonds. The second-order valence-corrected chi connectivity index (χ2v) is 7.84. The van der Waals surface area contributed by atoms with Gasteiger partial charge in [0.25, 0.3) is 5.91 Å². The monoisotopic (exact) mass is 425 g/mol. The summed E-state index contributed by atoms with van der Waals surface area (Å²) in [5, 5.41) is 9.83. The first-order valence-electron chi connectivity index (χ1n) is 9.66. The topological polar surface area (TPSA) is 65.7 Å². The summed E-state index contributed by atoms with van der Waals surface area (Å²) in [6, 6.07) is 26.6. The van der Waals surface area contributed by atoms with E-state index in [1.165, 1.54) is 11.8 Å². The molecule has 0 radical (unpaired) electrons. The molecule has 1 fully saturated rings. The number of likely N-dealkylation sites (N-methyl/N-ethyl adjacent to an activating group) is 1. The summed E-state index contributed by atoms with van der Waals surface area (Å²) in [6.45, 7) is 0.322. The standard InChI is InChI=1S/C25H19N3O2S/c1-28-24(29)23(31-25(28)27-21-9-3-2-4-10-21)15-18-11-13-22(14-12-18)30-17-20-8-6-5-7-19(20)16-26/h2-15H,17H2,1H3. The van der Waals surface area contributed by atoms with Crippen LogP contribution in [0.15, 0.2) is 88.8 Å². The van der Waals surface area contributed by atoms with Crippen LogP contribution in [0.1, 0.15) is 16.7 Å². The molecule has 0 bridgehead atoms. The molecule has 0 aliphatic carbocycles. The highest BCUT2D eigenvalue weighted by Crippen LogP contribution is 2.33. The molecular formula is C25H19N3O2S. The fourth-order valence-electron chi connectivity index (χ4n) is 2.99. The molecule has 4 rings (SSSR count). The molecule has 6 heteroatoms. The maximum absolute atomic E-state index is 12.6. The molecule has 1 aliphatic heterocycles. The quantitative estimate of drug-likeness (QED) is 0.516. The van der Waals surface area contributed by atoms with Crippen LogP contribution in [-0.4, -0.2) is 23.0 Å². The number of para-hydroxylation sites is 1. The maximum Gasteiger partial charge on any atom is 0.266 e. The van der Waals surface area contributed by atoms with Crippen molar-refractivity contribution in [2.24, 2.45) is 4.99 Å². The smallest absolute Gasteiger partial charge is 0.266 e. The first-order chi connectivity index (χ1) is 15.1. The van der Waals surface area contributed by atoms with Gasteiger partial charge in [-0.25, -0.2) is 4.99 Å². The molecule has 1 saturated heterocycles. The number of amides is 1. The Balaban J connectivity index is 1.45. The molecule has 0 atom stereocenters. The number of ether oxygens (including phenoxy) is 1. The summed E-state index contributed by atoms with van der Waals surface area (Å²) in [4.78, 5) is 19.3. The molecule has 0 unspecified atom stereocenters. The molecule has 0 saturated carbocycles. The first-order valence-corrected chi connectivity index (χ1v) is 10.5. The lowest BCUT2D eigenvalue weighted by Gasteiger charge is -2.08. The van der Waals surface area contributed by atoms with Crippen LogP contribution in [-0.2, 0) is 11.4 Å². The molecule has 0 aromatic heterocycles. The van der Waals surface area contributed by atoms with Crippen molar-refractivity contribution >= 4 is 34.6 Å². The number of amidine groups is 1. The number of carbonyl (C=O) groups is 1. The number of carbonyl (C=O) groups excluding carboxylic acids is 1. The van der Waals surface area contributed by atoms with Gasteiger partial charge < -0.3 is 4.74 Å². The van der Waals surface area contributed by atoms with Crippen LogP contribution in [0, 0.1) is 11.3 Å². The zero-order valence-electron chi connectivity index (χ0n) is 16.9. The lowest BCUT2D eigenvalue weighted by molar-refractivity contribution is -0.121. The van der Waals surface area contributed by atoms with Gasteiger partial charge in [0.05, 0.1) is 22.2 Å². The summed E-state index contributed by atoms with van der Waals surface area (Å²) < 4.78 is 5.81. The molecule has 0 spiro atoms. The van der Waals surface area contributed by atoms with Gasteiger partial charge in [-0.3, -0.25) is 9.69 Å². The third kappa shape index (κ3) is 4.85. The number of hydrogen-bond acceptors (Lipinski definition) is 5. The third-order valence-electron chi connectivity index (χ3n) is 4.69. The van der Waals surface area contributed by atoms with Crippen molar-refractivity contribution in [2.45, 2.75) is 6.61 Å². The van der Waals surface area contributed by atoms with Crippen LogP contribution in [0.4, 0.5) is 5.69 Å². The van der Waals surface area contributed by atoms with E-state index in [1.54, 1.807) is 18.0 Å². The van der Waals surface area contributed by atoms with Crippen LogP contribution in [0.2, 0.25) is 0 Å². The van der Waals surface area contributed by atoms with Crippen molar-refractivity contribution in [3.8, 4) is 11.8 Å². The molecular weight excluding hydrogens is 406 g/mol. The second-order valence-electron chi connectivity index (χ2n) is 6.83. The van der Waals surface area contributed by atoms with Gasteiger partial charge in [-0.2, -0.15) is 5.26 Å². The van der Waals surface area contributed by atoms with Crippen molar-refractivity contribution in [3.63, 3.8) is 0 Å². The number of aliphatic imine (C=N–C) groups is 1. The van der Waals surface area contributed by atoms with Crippen LogP contribution in [0.25, 0.3) is 6.08 Å². The van der Waals surface area contributed by atoms with E-state index in [1.807, 2.05) is 78.9 Å². The Labute approximate surface area is 185 Å². The second kappa shape index (κ2) is 9.33. The van der Waals surface area contributed by atoms with Gasteiger partial charge in [0, 0.05) is 12.6 Å². The third-order valence-corrected chi connectivity index (χ3v) is 5.75. The van der Waals surface area contributed by atoms with Crippen molar-refractivity contribution in [2.75, 3.05) is 7.05 Å². The van der Waals surface area contributed by atoms with Crippen molar-refractivity contribution < 1.29 is 9.53 Å². The van der Waals surface area contributed by atoms with Gasteiger partial charge >= 0.3 is 0 Å². The van der Waals surface area contributed by atoms with Crippen molar-refractivity contribution in [1.82, 2.24) is 4.90 Å². The lowest BCUT2D eigenvalue weighted by atomic mass is 10.1. The fourth-order valence-corrected chi connectivity index (χ4v) is 3.98. The molecule has 0 N–H and O–H groups in total. The Kier molecular flexibility index (Phi) is 6.16. The molecule has 3 aromatic rings. The number of thioether (sulfide) groups is 1. The van der Waals surface area contributed by atoms with Crippen molar-refractivity contribution in [3.05, 3.63) is 100 Å². The summed E-state index contributed by atoms with van der Waals surface area (Å²) in [7, 11) is 1.73. The van der Waals surface area contributed by atoms with Crippen LogP contribution in [0.3, 0.4) is 0 Å². The Hall–Kier alpha value is -3.82. The normalized spacial score (nSPS) is 16.0.